The average molecular weight is 321 g/mol. The van der Waals surface area contributed by atoms with Crippen LogP contribution in [0.4, 0.5) is 4.39 Å². The molecule has 0 aliphatic rings. The van der Waals surface area contributed by atoms with E-state index in [1.807, 2.05) is 5.38 Å². The minimum absolute atomic E-state index is 0.0255. The van der Waals surface area contributed by atoms with E-state index in [0.717, 1.165) is 0 Å². The lowest BCUT2D eigenvalue weighted by atomic mass is 10.1. The van der Waals surface area contributed by atoms with Crippen LogP contribution in [0.2, 0.25) is 0 Å². The molecule has 116 valence electrons. The molecule has 1 atom stereocenters. The number of aliphatic hydroxyl groups excluding tert-OH is 1. The number of thiophene rings is 1. The quantitative estimate of drug-likeness (QED) is 0.771. The van der Waals surface area contributed by atoms with E-state index in [2.05, 4.69) is 5.32 Å². The van der Waals surface area contributed by atoms with E-state index < -0.39 is 6.10 Å². The summed E-state index contributed by atoms with van der Waals surface area (Å²) < 4.78 is 12.8. The number of halogens is 1. The molecule has 2 aromatic rings. The minimum atomic E-state index is -0.905. The van der Waals surface area contributed by atoms with Crippen molar-refractivity contribution in [2.24, 2.45) is 0 Å². The number of aliphatic hydroxyl groups is 1. The standard InChI is InChI=1S/C16H16FNO3S/c17-12-5-3-11(4-6-12)14(20)10-18-16(21)8-7-13(19)15-2-1-9-22-15/h1-6,9,14,20H,7-8,10H2,(H,18,21). The number of hydrogen-bond donors (Lipinski definition) is 2. The van der Waals surface area contributed by atoms with Crippen LogP contribution in [0.5, 0.6) is 0 Å². The van der Waals surface area contributed by atoms with Crippen LogP contribution in [-0.2, 0) is 4.79 Å². The molecule has 0 aliphatic carbocycles. The first-order valence-electron chi connectivity index (χ1n) is 6.83. The third-order valence-electron chi connectivity index (χ3n) is 3.12. The first kappa shape index (κ1) is 16.3. The molecule has 2 N–H and O–H groups in total. The van der Waals surface area contributed by atoms with E-state index in [-0.39, 0.29) is 36.9 Å². The Balaban J connectivity index is 1.73. The van der Waals surface area contributed by atoms with Gasteiger partial charge in [0, 0.05) is 19.4 Å². The van der Waals surface area contributed by atoms with Crippen molar-refractivity contribution in [2.75, 3.05) is 6.54 Å². The SMILES string of the molecule is O=C(CCC(=O)c1cccs1)NCC(O)c1ccc(F)cc1. The predicted molar refractivity (Wildman–Crippen MR) is 82.3 cm³/mol. The second-order valence-corrected chi connectivity index (χ2v) is 5.72. The summed E-state index contributed by atoms with van der Waals surface area (Å²) in [5, 5.41) is 14.3. The molecule has 0 aliphatic heterocycles. The molecule has 6 heteroatoms. The molecule has 0 bridgehead atoms. The zero-order chi connectivity index (χ0) is 15.9. The summed E-state index contributed by atoms with van der Waals surface area (Å²) in [6, 6.07) is 8.94. The lowest BCUT2D eigenvalue weighted by molar-refractivity contribution is -0.121. The number of hydrogen-bond acceptors (Lipinski definition) is 4. The van der Waals surface area contributed by atoms with Gasteiger partial charge in [0.25, 0.3) is 0 Å². The van der Waals surface area contributed by atoms with Gasteiger partial charge in [-0.2, -0.15) is 0 Å². The zero-order valence-corrected chi connectivity index (χ0v) is 12.6. The van der Waals surface area contributed by atoms with Crippen molar-refractivity contribution in [3.05, 3.63) is 58.0 Å². The van der Waals surface area contributed by atoms with Gasteiger partial charge in [0.15, 0.2) is 5.78 Å². The highest BCUT2D eigenvalue weighted by Crippen LogP contribution is 2.13. The van der Waals surface area contributed by atoms with Crippen LogP contribution in [0.25, 0.3) is 0 Å². The number of carbonyl (C=O) groups is 2. The Morgan fingerprint density at radius 2 is 1.91 bits per heavy atom. The Morgan fingerprint density at radius 3 is 2.55 bits per heavy atom. The minimum Gasteiger partial charge on any atom is -0.387 e. The number of benzene rings is 1. The lowest BCUT2D eigenvalue weighted by Gasteiger charge is -2.12. The Labute approximate surface area is 131 Å². The average Bonchev–Trinajstić information content (AvgIpc) is 3.05. The highest BCUT2D eigenvalue weighted by molar-refractivity contribution is 7.12. The van der Waals surface area contributed by atoms with Gasteiger partial charge in [-0.15, -0.1) is 11.3 Å². The number of ketones is 1. The number of nitrogens with one attached hydrogen (secondary N) is 1. The van der Waals surface area contributed by atoms with Gasteiger partial charge in [-0.25, -0.2) is 4.39 Å². The van der Waals surface area contributed by atoms with Crippen molar-refractivity contribution in [3.8, 4) is 0 Å². The van der Waals surface area contributed by atoms with Crippen molar-refractivity contribution >= 4 is 23.0 Å². The second kappa shape index (κ2) is 7.82. The fourth-order valence-electron chi connectivity index (χ4n) is 1.89. The van der Waals surface area contributed by atoms with Crippen LogP contribution in [0.1, 0.15) is 34.2 Å². The van der Waals surface area contributed by atoms with Crippen LogP contribution >= 0.6 is 11.3 Å². The van der Waals surface area contributed by atoms with Crippen LogP contribution in [0.3, 0.4) is 0 Å². The Bertz CT molecular complexity index is 625. The van der Waals surface area contributed by atoms with Crippen LogP contribution < -0.4 is 5.32 Å². The maximum Gasteiger partial charge on any atom is 0.220 e. The summed E-state index contributed by atoms with van der Waals surface area (Å²) in [4.78, 5) is 24.1. The first-order valence-corrected chi connectivity index (χ1v) is 7.71. The molecule has 0 fully saturated rings. The third kappa shape index (κ3) is 4.75. The summed E-state index contributed by atoms with van der Waals surface area (Å²) in [6.07, 6.45) is -0.691. The van der Waals surface area contributed by atoms with Gasteiger partial charge in [-0.3, -0.25) is 9.59 Å². The maximum absolute atomic E-state index is 12.8. The molecule has 0 saturated carbocycles. The molecular weight excluding hydrogens is 305 g/mol. The molecule has 22 heavy (non-hydrogen) atoms. The van der Waals surface area contributed by atoms with Gasteiger partial charge in [0.2, 0.25) is 5.91 Å². The van der Waals surface area contributed by atoms with Gasteiger partial charge < -0.3 is 10.4 Å². The Hall–Kier alpha value is -2.05. The summed E-state index contributed by atoms with van der Waals surface area (Å²) in [5.74, 6) is -0.748. The summed E-state index contributed by atoms with van der Waals surface area (Å²) in [6.45, 7) is 0.0255. The third-order valence-corrected chi connectivity index (χ3v) is 4.03. The Morgan fingerprint density at radius 1 is 1.18 bits per heavy atom. The fraction of sp³-hybridized carbons (Fsp3) is 0.250. The van der Waals surface area contributed by atoms with Gasteiger partial charge >= 0.3 is 0 Å². The summed E-state index contributed by atoms with van der Waals surface area (Å²) >= 11 is 1.35. The molecule has 1 heterocycles. The van der Waals surface area contributed by atoms with E-state index in [4.69, 9.17) is 0 Å². The molecule has 2 rings (SSSR count). The monoisotopic (exact) mass is 321 g/mol. The van der Waals surface area contributed by atoms with Crippen molar-refractivity contribution in [3.63, 3.8) is 0 Å². The lowest BCUT2D eigenvalue weighted by Crippen LogP contribution is -2.28. The number of carbonyl (C=O) groups excluding carboxylic acids is 2. The fourth-order valence-corrected chi connectivity index (χ4v) is 2.58. The topological polar surface area (TPSA) is 66.4 Å². The second-order valence-electron chi connectivity index (χ2n) is 4.77. The molecule has 0 saturated heterocycles. The number of amides is 1. The van der Waals surface area contributed by atoms with Gasteiger partial charge in [0.05, 0.1) is 11.0 Å². The molecule has 0 radical (unpaired) electrons. The van der Waals surface area contributed by atoms with Gasteiger partial charge in [-0.05, 0) is 29.1 Å². The molecule has 1 amide bonds. The van der Waals surface area contributed by atoms with E-state index in [1.54, 1.807) is 12.1 Å². The van der Waals surface area contributed by atoms with Crippen LogP contribution in [0, 0.1) is 5.82 Å². The number of Topliss-reactive ketones (excluding diaryl/α,β-unsaturated/α-hetero) is 1. The summed E-state index contributed by atoms with van der Waals surface area (Å²) in [5.41, 5.74) is 0.524. The van der Waals surface area contributed by atoms with Crippen molar-refractivity contribution in [1.82, 2.24) is 5.32 Å². The van der Waals surface area contributed by atoms with Gasteiger partial charge in [-0.1, -0.05) is 18.2 Å². The molecular formula is C16H16FNO3S. The molecule has 1 aromatic heterocycles. The molecule has 1 unspecified atom stereocenters. The van der Waals surface area contributed by atoms with E-state index in [0.29, 0.717) is 10.4 Å². The van der Waals surface area contributed by atoms with Crippen LogP contribution in [-0.4, -0.2) is 23.3 Å². The van der Waals surface area contributed by atoms with Gasteiger partial charge in [0.1, 0.15) is 5.82 Å². The number of rotatable bonds is 7. The molecule has 4 nitrogen and oxygen atoms in total. The maximum atomic E-state index is 12.8. The van der Waals surface area contributed by atoms with Crippen molar-refractivity contribution in [1.29, 1.82) is 0 Å². The van der Waals surface area contributed by atoms with E-state index >= 15 is 0 Å². The Kier molecular flexibility index (Phi) is 5.80. The molecule has 1 aromatic carbocycles. The van der Waals surface area contributed by atoms with Crippen molar-refractivity contribution in [2.45, 2.75) is 18.9 Å². The van der Waals surface area contributed by atoms with E-state index in [9.17, 15) is 19.1 Å². The van der Waals surface area contributed by atoms with E-state index in [1.165, 1.54) is 35.6 Å². The zero-order valence-electron chi connectivity index (χ0n) is 11.8. The first-order chi connectivity index (χ1) is 10.6. The normalized spacial score (nSPS) is 11.9. The smallest absolute Gasteiger partial charge is 0.220 e. The molecule has 0 spiro atoms. The highest BCUT2D eigenvalue weighted by atomic mass is 32.1. The van der Waals surface area contributed by atoms with Crippen LogP contribution in [0.15, 0.2) is 41.8 Å². The van der Waals surface area contributed by atoms with Crippen molar-refractivity contribution < 1.29 is 19.1 Å². The summed E-state index contributed by atoms with van der Waals surface area (Å²) in [7, 11) is 0. The largest absolute Gasteiger partial charge is 0.387 e. The predicted octanol–water partition coefficient (Wildman–Crippen LogP) is 2.70. The highest BCUT2D eigenvalue weighted by Gasteiger charge is 2.12.